The fraction of sp³-hybridized carbons (Fsp3) is 0.192. The first-order valence-corrected chi connectivity index (χ1v) is 10.5. The number of nitrogens with one attached hydrogen (secondary N) is 1. The zero-order valence-corrected chi connectivity index (χ0v) is 18.7. The molecule has 4 amide bonds. The second-order valence-electron chi connectivity index (χ2n) is 7.28. The van der Waals surface area contributed by atoms with Gasteiger partial charge in [0.2, 0.25) is 0 Å². The van der Waals surface area contributed by atoms with Crippen molar-refractivity contribution < 1.29 is 23.9 Å². The Bertz CT molecular complexity index is 1130. The molecule has 7 heteroatoms. The summed E-state index contributed by atoms with van der Waals surface area (Å²) in [5.41, 5.74) is 2.59. The van der Waals surface area contributed by atoms with Gasteiger partial charge in [-0.2, -0.15) is 0 Å². The minimum atomic E-state index is -0.788. The van der Waals surface area contributed by atoms with Crippen LogP contribution in [0.15, 0.2) is 67.3 Å². The summed E-state index contributed by atoms with van der Waals surface area (Å²) in [5.74, 6) is -0.492. The van der Waals surface area contributed by atoms with E-state index in [4.69, 9.17) is 9.47 Å². The number of nitrogens with zero attached hydrogens (tertiary/aromatic N) is 1. The number of carbonyl (C=O) groups is 3. The van der Waals surface area contributed by atoms with Crippen molar-refractivity contribution in [3.63, 3.8) is 0 Å². The van der Waals surface area contributed by atoms with Crippen LogP contribution in [0.25, 0.3) is 6.08 Å². The highest BCUT2D eigenvalue weighted by Crippen LogP contribution is 2.35. The molecule has 33 heavy (non-hydrogen) atoms. The SMILES string of the molecule is C=CCOc1c(CC=C)cc(/C=C2/C(=O)NC(=O)N(c3ccc(CC)cc3)C2=O)cc1OC. The number of amides is 4. The Labute approximate surface area is 193 Å². The van der Waals surface area contributed by atoms with Gasteiger partial charge in [0.25, 0.3) is 11.8 Å². The van der Waals surface area contributed by atoms with Crippen LogP contribution in [0, 0.1) is 0 Å². The molecule has 1 fully saturated rings. The molecule has 0 aromatic heterocycles. The van der Waals surface area contributed by atoms with Crippen molar-refractivity contribution in [2.24, 2.45) is 0 Å². The fourth-order valence-corrected chi connectivity index (χ4v) is 3.47. The van der Waals surface area contributed by atoms with Crippen LogP contribution in [0.5, 0.6) is 11.5 Å². The van der Waals surface area contributed by atoms with E-state index in [1.807, 2.05) is 19.1 Å². The maximum atomic E-state index is 13.2. The second kappa shape index (κ2) is 10.5. The van der Waals surface area contributed by atoms with Crippen molar-refractivity contribution in [1.29, 1.82) is 0 Å². The molecule has 1 heterocycles. The lowest BCUT2D eigenvalue weighted by Gasteiger charge is -2.26. The number of hydrogen-bond acceptors (Lipinski definition) is 5. The zero-order valence-electron chi connectivity index (χ0n) is 18.7. The molecule has 2 aromatic carbocycles. The van der Waals surface area contributed by atoms with Gasteiger partial charge in [-0.3, -0.25) is 14.9 Å². The van der Waals surface area contributed by atoms with Gasteiger partial charge in [-0.1, -0.05) is 37.8 Å². The molecule has 1 saturated heterocycles. The summed E-state index contributed by atoms with van der Waals surface area (Å²) in [6.45, 7) is 9.73. The summed E-state index contributed by atoms with van der Waals surface area (Å²) in [4.78, 5) is 39.1. The summed E-state index contributed by atoms with van der Waals surface area (Å²) in [6.07, 6.45) is 6.08. The third-order valence-electron chi connectivity index (χ3n) is 5.10. The van der Waals surface area contributed by atoms with E-state index < -0.39 is 17.8 Å². The van der Waals surface area contributed by atoms with E-state index in [1.165, 1.54) is 13.2 Å². The second-order valence-corrected chi connectivity index (χ2v) is 7.28. The molecule has 0 bridgehead atoms. The fourth-order valence-electron chi connectivity index (χ4n) is 3.47. The molecule has 0 aliphatic carbocycles. The lowest BCUT2D eigenvalue weighted by Crippen LogP contribution is -2.54. The Kier molecular flexibility index (Phi) is 7.46. The molecule has 0 atom stereocenters. The van der Waals surface area contributed by atoms with Crippen LogP contribution in [0.3, 0.4) is 0 Å². The number of ether oxygens (including phenoxy) is 2. The summed E-state index contributed by atoms with van der Waals surface area (Å²) in [6, 6.07) is 9.70. The van der Waals surface area contributed by atoms with Gasteiger partial charge in [0.1, 0.15) is 12.2 Å². The number of methoxy groups -OCH3 is 1. The molecule has 1 aliphatic heterocycles. The number of barbiturate groups is 1. The van der Waals surface area contributed by atoms with E-state index in [-0.39, 0.29) is 12.2 Å². The van der Waals surface area contributed by atoms with Gasteiger partial charge in [-0.25, -0.2) is 9.69 Å². The van der Waals surface area contributed by atoms with E-state index in [0.29, 0.717) is 29.2 Å². The van der Waals surface area contributed by atoms with Gasteiger partial charge >= 0.3 is 6.03 Å². The number of aryl methyl sites for hydroxylation is 1. The largest absolute Gasteiger partial charge is 0.493 e. The maximum Gasteiger partial charge on any atom is 0.335 e. The van der Waals surface area contributed by atoms with Crippen LogP contribution >= 0.6 is 0 Å². The average Bonchev–Trinajstić information content (AvgIpc) is 2.81. The highest BCUT2D eigenvalue weighted by molar-refractivity contribution is 6.39. The van der Waals surface area contributed by atoms with Crippen LogP contribution in [0.2, 0.25) is 0 Å². The van der Waals surface area contributed by atoms with Crippen LogP contribution < -0.4 is 19.7 Å². The Morgan fingerprint density at radius 3 is 2.39 bits per heavy atom. The van der Waals surface area contributed by atoms with Crippen molar-refractivity contribution in [2.45, 2.75) is 19.8 Å². The molecule has 0 saturated carbocycles. The van der Waals surface area contributed by atoms with Crippen molar-refractivity contribution in [1.82, 2.24) is 5.32 Å². The van der Waals surface area contributed by atoms with Crippen molar-refractivity contribution in [3.8, 4) is 11.5 Å². The zero-order chi connectivity index (χ0) is 24.0. The van der Waals surface area contributed by atoms with E-state index >= 15 is 0 Å². The molecule has 3 rings (SSSR count). The topological polar surface area (TPSA) is 84.9 Å². The number of allylic oxidation sites excluding steroid dienone is 1. The Morgan fingerprint density at radius 2 is 1.79 bits per heavy atom. The minimum absolute atomic E-state index is 0.166. The summed E-state index contributed by atoms with van der Waals surface area (Å²) in [5, 5.41) is 2.24. The molecule has 2 aromatic rings. The molecule has 7 nitrogen and oxygen atoms in total. The predicted octanol–water partition coefficient (Wildman–Crippen LogP) is 4.22. The third kappa shape index (κ3) is 5.03. The first kappa shape index (κ1) is 23.5. The molecule has 1 aliphatic rings. The summed E-state index contributed by atoms with van der Waals surface area (Å²) >= 11 is 0. The predicted molar refractivity (Wildman–Crippen MR) is 127 cm³/mol. The minimum Gasteiger partial charge on any atom is -0.493 e. The van der Waals surface area contributed by atoms with Gasteiger partial charge in [0.15, 0.2) is 11.5 Å². The van der Waals surface area contributed by atoms with Crippen molar-refractivity contribution in [2.75, 3.05) is 18.6 Å². The molecular formula is C26H26N2O5. The molecule has 170 valence electrons. The van der Waals surface area contributed by atoms with Crippen LogP contribution in [-0.2, 0) is 22.4 Å². The molecule has 0 spiro atoms. The summed E-state index contributed by atoms with van der Waals surface area (Å²) in [7, 11) is 1.50. The first-order valence-electron chi connectivity index (χ1n) is 10.5. The number of rotatable bonds is 9. The molecule has 0 unspecified atom stereocenters. The smallest absolute Gasteiger partial charge is 0.335 e. The first-order chi connectivity index (χ1) is 15.9. The Morgan fingerprint density at radius 1 is 1.06 bits per heavy atom. The van der Waals surface area contributed by atoms with Gasteiger partial charge in [-0.15, -0.1) is 6.58 Å². The number of hydrogen-bond donors (Lipinski definition) is 1. The molecule has 0 radical (unpaired) electrons. The van der Waals surface area contributed by atoms with E-state index in [9.17, 15) is 14.4 Å². The highest BCUT2D eigenvalue weighted by atomic mass is 16.5. The third-order valence-corrected chi connectivity index (χ3v) is 5.10. The standard InChI is InChI=1S/C26H26N2O5/c1-5-8-19-14-18(16-22(32-4)23(19)33-13-6-2)15-21-24(29)27-26(31)28(25(21)30)20-11-9-17(7-3)10-12-20/h5-6,9-12,14-16H,1-2,7-8,13H2,3-4H3,(H,27,29,31)/b21-15-. The normalized spacial score (nSPS) is 14.8. The maximum absolute atomic E-state index is 13.2. The van der Waals surface area contributed by atoms with Crippen LogP contribution in [0.4, 0.5) is 10.5 Å². The van der Waals surface area contributed by atoms with Crippen LogP contribution in [-0.4, -0.2) is 31.6 Å². The van der Waals surface area contributed by atoms with Gasteiger partial charge in [0, 0.05) is 5.56 Å². The number of benzene rings is 2. The van der Waals surface area contributed by atoms with Gasteiger partial charge in [-0.05, 0) is 54.3 Å². The monoisotopic (exact) mass is 446 g/mol. The lowest BCUT2D eigenvalue weighted by atomic mass is 10.0. The lowest BCUT2D eigenvalue weighted by molar-refractivity contribution is -0.122. The average molecular weight is 447 g/mol. The Hall–Kier alpha value is -4.13. The van der Waals surface area contributed by atoms with Crippen LogP contribution in [0.1, 0.15) is 23.6 Å². The number of anilines is 1. The number of imide groups is 2. The number of carbonyl (C=O) groups excluding carboxylic acids is 3. The van der Waals surface area contributed by atoms with E-state index in [2.05, 4.69) is 18.5 Å². The number of urea groups is 1. The quantitative estimate of drug-likeness (QED) is 0.354. The molecule has 1 N–H and O–H groups in total. The van der Waals surface area contributed by atoms with Gasteiger partial charge in [0.05, 0.1) is 12.8 Å². The van der Waals surface area contributed by atoms with E-state index in [1.54, 1.807) is 36.4 Å². The van der Waals surface area contributed by atoms with Crippen molar-refractivity contribution >= 4 is 29.6 Å². The highest BCUT2D eigenvalue weighted by Gasteiger charge is 2.36. The molecular weight excluding hydrogens is 420 g/mol. The van der Waals surface area contributed by atoms with E-state index in [0.717, 1.165) is 22.4 Å². The summed E-state index contributed by atoms with van der Waals surface area (Å²) < 4.78 is 11.2. The van der Waals surface area contributed by atoms with Gasteiger partial charge < -0.3 is 9.47 Å². The Balaban J connectivity index is 2.04. The van der Waals surface area contributed by atoms with Crippen molar-refractivity contribution in [3.05, 3.63) is 84.0 Å².